The van der Waals surface area contributed by atoms with E-state index in [2.05, 4.69) is 32.4 Å². The second kappa shape index (κ2) is 9.17. The van der Waals surface area contributed by atoms with Crippen LogP contribution in [0.5, 0.6) is 0 Å². The van der Waals surface area contributed by atoms with E-state index in [4.69, 9.17) is 0 Å². The number of rotatable bonds is 6. The molecule has 0 unspecified atom stereocenters. The number of hydrogen-bond acceptors (Lipinski definition) is 7. The van der Waals surface area contributed by atoms with Crippen LogP contribution in [0.1, 0.15) is 26.5 Å². The number of aryl methyl sites for hydroxylation is 1. The van der Waals surface area contributed by atoms with E-state index in [-0.39, 0.29) is 5.91 Å². The lowest BCUT2D eigenvalue weighted by Crippen LogP contribution is -2.48. The van der Waals surface area contributed by atoms with Gasteiger partial charge in [0.15, 0.2) is 0 Å². The summed E-state index contributed by atoms with van der Waals surface area (Å²) in [5, 5.41) is 2.07. The van der Waals surface area contributed by atoms with Crippen molar-refractivity contribution in [2.75, 3.05) is 26.2 Å². The third-order valence-corrected chi connectivity index (χ3v) is 7.66. The molecule has 5 nitrogen and oxygen atoms in total. The number of nitrogens with zero attached hydrogens (tertiary/aromatic N) is 4. The Kier molecular flexibility index (Phi) is 6.41. The fraction of sp³-hybridized carbons (Fsp3) is 0.350. The lowest BCUT2D eigenvalue weighted by Gasteiger charge is -2.34. The Morgan fingerprint density at radius 1 is 1.14 bits per heavy atom. The first-order valence-corrected chi connectivity index (χ1v) is 11.9. The summed E-state index contributed by atoms with van der Waals surface area (Å²) in [6.45, 7) is 6.31. The first-order chi connectivity index (χ1) is 13.7. The maximum absolute atomic E-state index is 12.8. The van der Waals surface area contributed by atoms with Crippen LogP contribution in [0, 0.1) is 6.92 Å². The third-order valence-electron chi connectivity index (χ3n) is 4.68. The molecule has 0 radical (unpaired) electrons. The normalized spacial score (nSPS) is 15.1. The summed E-state index contributed by atoms with van der Waals surface area (Å²) in [7, 11) is 0. The van der Waals surface area contributed by atoms with E-state index in [0.29, 0.717) is 0 Å². The van der Waals surface area contributed by atoms with E-state index in [9.17, 15) is 4.79 Å². The summed E-state index contributed by atoms with van der Waals surface area (Å²) in [5.41, 5.74) is 4.93. The Labute approximate surface area is 177 Å². The fourth-order valence-electron chi connectivity index (χ4n) is 3.12. The molecule has 0 atom stereocenters. The summed E-state index contributed by atoms with van der Waals surface area (Å²) in [6, 6.07) is 8.02. The zero-order valence-corrected chi connectivity index (χ0v) is 18.2. The van der Waals surface area contributed by atoms with Crippen molar-refractivity contribution < 1.29 is 4.79 Å². The molecule has 28 heavy (non-hydrogen) atoms. The minimum atomic E-state index is 0.132. The van der Waals surface area contributed by atoms with Gasteiger partial charge < -0.3 is 4.90 Å². The minimum absolute atomic E-state index is 0.132. The number of thiazole rings is 2. The average Bonchev–Trinajstić information content (AvgIpc) is 3.38. The molecule has 1 aromatic carbocycles. The maximum atomic E-state index is 12.8. The van der Waals surface area contributed by atoms with Gasteiger partial charge in [-0.15, -0.1) is 22.7 Å². The molecule has 0 N–H and O–H groups in total. The largest absolute Gasteiger partial charge is 0.336 e. The molecule has 8 heteroatoms. The first-order valence-electron chi connectivity index (χ1n) is 9.20. The van der Waals surface area contributed by atoms with Crippen LogP contribution >= 0.6 is 34.4 Å². The van der Waals surface area contributed by atoms with E-state index in [0.717, 1.165) is 54.1 Å². The molecule has 146 valence electrons. The lowest BCUT2D eigenvalue weighted by molar-refractivity contribution is 0.0629. The van der Waals surface area contributed by atoms with Crippen LogP contribution in [0.2, 0.25) is 0 Å². The molecule has 3 aromatic rings. The van der Waals surface area contributed by atoms with Gasteiger partial charge in [-0.3, -0.25) is 14.7 Å². The van der Waals surface area contributed by atoms with Crippen molar-refractivity contribution in [2.24, 2.45) is 0 Å². The molecule has 0 aliphatic carbocycles. The lowest BCUT2D eigenvalue weighted by atomic mass is 10.1. The number of benzene rings is 1. The average molecular weight is 431 g/mol. The van der Waals surface area contributed by atoms with Crippen LogP contribution in [-0.4, -0.2) is 51.9 Å². The van der Waals surface area contributed by atoms with Crippen LogP contribution < -0.4 is 0 Å². The highest BCUT2D eigenvalue weighted by molar-refractivity contribution is 8.00. The number of carbonyl (C=O) groups is 1. The molecular formula is C20H22N4OS3. The smallest absolute Gasteiger partial charge is 0.253 e. The molecular weight excluding hydrogens is 408 g/mol. The molecule has 0 bridgehead atoms. The van der Waals surface area contributed by atoms with Crippen molar-refractivity contribution in [1.82, 2.24) is 19.8 Å². The zero-order valence-electron chi connectivity index (χ0n) is 15.7. The molecule has 0 saturated carbocycles. The van der Waals surface area contributed by atoms with Gasteiger partial charge in [-0.1, -0.05) is 23.9 Å². The quantitative estimate of drug-likeness (QED) is 0.550. The van der Waals surface area contributed by atoms with Crippen LogP contribution in [0.25, 0.3) is 0 Å². The molecule has 3 heterocycles. The number of amides is 1. The topological polar surface area (TPSA) is 49.3 Å². The van der Waals surface area contributed by atoms with Gasteiger partial charge in [-0.2, -0.15) is 0 Å². The highest BCUT2D eigenvalue weighted by atomic mass is 32.2. The molecule has 1 fully saturated rings. The molecule has 1 aliphatic rings. The van der Waals surface area contributed by atoms with E-state index >= 15 is 0 Å². The number of aromatic nitrogens is 2. The van der Waals surface area contributed by atoms with Crippen LogP contribution in [0.15, 0.2) is 45.7 Å². The van der Waals surface area contributed by atoms with Crippen LogP contribution in [0.3, 0.4) is 0 Å². The second-order valence-corrected chi connectivity index (χ2v) is 9.83. The fourth-order valence-corrected chi connectivity index (χ4v) is 5.56. The highest BCUT2D eigenvalue weighted by Crippen LogP contribution is 2.26. The molecule has 1 amide bonds. The van der Waals surface area contributed by atoms with Gasteiger partial charge in [-0.25, -0.2) is 4.98 Å². The molecule has 1 saturated heterocycles. The van der Waals surface area contributed by atoms with Gasteiger partial charge in [-0.05, 0) is 24.6 Å². The van der Waals surface area contributed by atoms with Gasteiger partial charge in [0.2, 0.25) is 0 Å². The molecule has 2 aromatic heterocycles. The standard InChI is InChI=1S/C20H22N4OS3/c1-15-12-26-20(22-15)27-13-16-2-4-17(5-3-16)19(25)24-8-6-23(7-9-24)11-18-10-21-14-28-18/h2-5,10,12,14H,6-9,11,13H2,1H3. The third kappa shape index (κ3) is 5.00. The summed E-state index contributed by atoms with van der Waals surface area (Å²) in [5.74, 6) is 1.00. The van der Waals surface area contributed by atoms with Crippen molar-refractivity contribution in [1.29, 1.82) is 0 Å². The molecule has 4 rings (SSSR count). The Morgan fingerprint density at radius 3 is 2.57 bits per heavy atom. The number of piperazine rings is 1. The van der Waals surface area contributed by atoms with E-state index in [1.54, 1.807) is 34.4 Å². The van der Waals surface area contributed by atoms with Crippen LogP contribution in [0.4, 0.5) is 0 Å². The highest BCUT2D eigenvalue weighted by Gasteiger charge is 2.22. The monoisotopic (exact) mass is 430 g/mol. The van der Waals surface area contributed by atoms with Crippen molar-refractivity contribution in [3.8, 4) is 0 Å². The van der Waals surface area contributed by atoms with Crippen molar-refractivity contribution >= 4 is 40.3 Å². The minimum Gasteiger partial charge on any atom is -0.336 e. The van der Waals surface area contributed by atoms with Crippen LogP contribution in [-0.2, 0) is 12.3 Å². The predicted molar refractivity (Wildman–Crippen MR) is 116 cm³/mol. The Hall–Kier alpha value is -1.74. The number of thioether (sulfide) groups is 1. The predicted octanol–water partition coefficient (Wildman–Crippen LogP) is 4.16. The van der Waals surface area contributed by atoms with Gasteiger partial charge in [0.25, 0.3) is 5.91 Å². The Morgan fingerprint density at radius 2 is 1.93 bits per heavy atom. The Bertz CT molecular complexity index is 900. The summed E-state index contributed by atoms with van der Waals surface area (Å²) in [4.78, 5) is 27.0. The summed E-state index contributed by atoms with van der Waals surface area (Å²) < 4.78 is 1.09. The molecule has 1 aliphatic heterocycles. The SMILES string of the molecule is Cc1csc(SCc2ccc(C(=O)N3CCN(Cc4cncs4)CC3)cc2)n1. The number of hydrogen-bond donors (Lipinski definition) is 0. The van der Waals surface area contributed by atoms with Crippen molar-refractivity contribution in [3.05, 3.63) is 63.1 Å². The molecule has 0 spiro atoms. The van der Waals surface area contributed by atoms with Gasteiger partial charge >= 0.3 is 0 Å². The van der Waals surface area contributed by atoms with E-state index in [1.807, 2.05) is 35.7 Å². The number of carbonyl (C=O) groups excluding carboxylic acids is 1. The second-order valence-electron chi connectivity index (χ2n) is 6.78. The van der Waals surface area contributed by atoms with E-state index < -0.39 is 0 Å². The summed E-state index contributed by atoms with van der Waals surface area (Å²) in [6.07, 6.45) is 1.93. The van der Waals surface area contributed by atoms with E-state index in [1.165, 1.54) is 10.4 Å². The van der Waals surface area contributed by atoms with Crippen molar-refractivity contribution in [3.63, 3.8) is 0 Å². The summed E-state index contributed by atoms with van der Waals surface area (Å²) >= 11 is 5.11. The first kappa shape index (κ1) is 19.6. The van der Waals surface area contributed by atoms with Gasteiger partial charge in [0.1, 0.15) is 4.34 Å². The van der Waals surface area contributed by atoms with Gasteiger partial charge in [0, 0.05) is 66.2 Å². The zero-order chi connectivity index (χ0) is 19.3. The van der Waals surface area contributed by atoms with Gasteiger partial charge in [0.05, 0.1) is 5.51 Å². The maximum Gasteiger partial charge on any atom is 0.253 e. The Balaban J connectivity index is 1.27. The van der Waals surface area contributed by atoms with Crippen molar-refractivity contribution in [2.45, 2.75) is 23.6 Å².